The van der Waals surface area contributed by atoms with Crippen molar-refractivity contribution in [1.29, 1.82) is 0 Å². The summed E-state index contributed by atoms with van der Waals surface area (Å²) in [5.41, 5.74) is 0.0359. The van der Waals surface area contributed by atoms with Gasteiger partial charge in [0.25, 0.3) is 5.56 Å². The number of hydrogen-bond donors (Lipinski definition) is 0. The molecular weight excluding hydrogens is 323 g/mol. The van der Waals surface area contributed by atoms with Gasteiger partial charge in [0.2, 0.25) is 0 Å². The van der Waals surface area contributed by atoms with Gasteiger partial charge in [-0.05, 0) is 29.5 Å². The molecule has 1 heterocycles. The summed E-state index contributed by atoms with van der Waals surface area (Å²) in [6, 6.07) is 0. The molecule has 0 atom stereocenters. The average Bonchev–Trinajstić information content (AvgIpc) is 2.25. The van der Waals surface area contributed by atoms with Crippen molar-refractivity contribution in [3.63, 3.8) is 0 Å². The van der Waals surface area contributed by atoms with Crippen LogP contribution in [-0.2, 0) is 16.1 Å². The lowest BCUT2D eigenvalue weighted by molar-refractivity contribution is -0.138. The fourth-order valence-electron chi connectivity index (χ4n) is 1.04. The van der Waals surface area contributed by atoms with Gasteiger partial charge in [-0.2, -0.15) is 0 Å². The van der Waals surface area contributed by atoms with Crippen LogP contribution >= 0.6 is 22.6 Å². The third-order valence-corrected chi connectivity index (χ3v) is 2.52. The second-order valence-electron chi connectivity index (χ2n) is 3.00. The molecule has 0 N–H and O–H groups in total. The maximum atomic E-state index is 11.6. The van der Waals surface area contributed by atoms with E-state index in [-0.39, 0.29) is 24.3 Å². The van der Waals surface area contributed by atoms with Crippen LogP contribution in [0.1, 0.15) is 6.92 Å². The molecule has 0 aliphatic carbocycles. The molecule has 1 aromatic heterocycles. The van der Waals surface area contributed by atoms with E-state index in [1.807, 2.05) is 22.6 Å². The zero-order valence-electron chi connectivity index (χ0n) is 8.77. The Morgan fingerprint density at radius 1 is 1.69 bits per heavy atom. The normalized spacial score (nSPS) is 9.88. The molecule has 5 nitrogen and oxygen atoms in total. The smallest absolute Gasteiger partial charge is 0.335 e. The summed E-state index contributed by atoms with van der Waals surface area (Å²) in [6.45, 7) is 5.68. The Labute approximate surface area is 106 Å². The number of rotatable bonds is 4. The molecule has 0 saturated carbocycles. The van der Waals surface area contributed by atoms with Crippen molar-refractivity contribution in [3.05, 3.63) is 38.6 Å². The first-order valence-electron chi connectivity index (χ1n) is 4.61. The lowest BCUT2D eigenvalue weighted by Crippen LogP contribution is -2.25. The van der Waals surface area contributed by atoms with E-state index in [1.54, 1.807) is 6.92 Å². The second kappa shape index (κ2) is 5.78. The molecule has 1 aromatic rings. The fourth-order valence-corrected chi connectivity index (χ4v) is 1.51. The Kier molecular flexibility index (Phi) is 4.66. The van der Waals surface area contributed by atoms with Gasteiger partial charge in [-0.3, -0.25) is 9.36 Å². The molecular formula is C10H11IN2O3. The summed E-state index contributed by atoms with van der Waals surface area (Å²) in [4.78, 5) is 26.8. The second-order valence-corrected chi connectivity index (χ2v) is 4.16. The topological polar surface area (TPSA) is 61.2 Å². The average molecular weight is 334 g/mol. The van der Waals surface area contributed by atoms with Gasteiger partial charge in [-0.25, -0.2) is 9.78 Å². The molecule has 16 heavy (non-hydrogen) atoms. The van der Waals surface area contributed by atoms with Gasteiger partial charge in [0.05, 0.1) is 23.0 Å². The van der Waals surface area contributed by atoms with E-state index >= 15 is 0 Å². The Hall–Kier alpha value is -1.18. The first-order chi connectivity index (χ1) is 7.56. The van der Waals surface area contributed by atoms with Crippen LogP contribution in [0.3, 0.4) is 0 Å². The largest absolute Gasteiger partial charge is 0.463 e. The molecule has 6 heteroatoms. The Morgan fingerprint density at radius 3 is 3.00 bits per heavy atom. The van der Waals surface area contributed by atoms with Crippen LogP contribution < -0.4 is 5.56 Å². The van der Waals surface area contributed by atoms with Crippen LogP contribution in [-0.4, -0.2) is 22.1 Å². The SMILES string of the molecule is C=C(Cn1cncc(I)c1=O)C(=O)OCC. The summed E-state index contributed by atoms with van der Waals surface area (Å²) in [7, 11) is 0. The number of nitrogens with zero attached hydrogens (tertiary/aromatic N) is 2. The highest BCUT2D eigenvalue weighted by molar-refractivity contribution is 14.1. The van der Waals surface area contributed by atoms with Crippen LogP contribution in [0.4, 0.5) is 0 Å². The number of hydrogen-bond acceptors (Lipinski definition) is 4. The van der Waals surface area contributed by atoms with E-state index in [2.05, 4.69) is 11.6 Å². The zero-order chi connectivity index (χ0) is 12.1. The van der Waals surface area contributed by atoms with Gasteiger partial charge >= 0.3 is 5.97 Å². The van der Waals surface area contributed by atoms with Crippen LogP contribution in [0, 0.1) is 3.57 Å². The number of carbonyl (C=O) groups is 1. The molecule has 0 spiro atoms. The number of halogens is 1. The number of aromatic nitrogens is 2. The third kappa shape index (κ3) is 3.16. The number of ether oxygens (including phenoxy) is 1. The van der Waals surface area contributed by atoms with Crippen molar-refractivity contribution in [1.82, 2.24) is 9.55 Å². The van der Waals surface area contributed by atoms with Gasteiger partial charge in [0.1, 0.15) is 0 Å². The monoisotopic (exact) mass is 334 g/mol. The van der Waals surface area contributed by atoms with Gasteiger partial charge in [0.15, 0.2) is 0 Å². The standard InChI is InChI=1S/C10H11IN2O3/c1-3-16-10(15)7(2)5-13-6-12-4-8(11)9(13)14/h4,6H,2-3,5H2,1H3. The van der Waals surface area contributed by atoms with Crippen LogP contribution in [0.25, 0.3) is 0 Å². The Balaban J connectivity index is 2.82. The zero-order valence-corrected chi connectivity index (χ0v) is 10.9. The predicted molar refractivity (Wildman–Crippen MR) is 67.0 cm³/mol. The molecule has 1 rings (SSSR count). The number of esters is 1. The van der Waals surface area contributed by atoms with Crippen molar-refractivity contribution in [2.24, 2.45) is 0 Å². The third-order valence-electron chi connectivity index (χ3n) is 1.78. The summed E-state index contributed by atoms with van der Waals surface area (Å²) in [5, 5.41) is 0. The van der Waals surface area contributed by atoms with Crippen molar-refractivity contribution >= 4 is 28.6 Å². The summed E-state index contributed by atoms with van der Waals surface area (Å²) in [5.74, 6) is -0.492. The van der Waals surface area contributed by atoms with Crippen LogP contribution in [0.5, 0.6) is 0 Å². The minimum Gasteiger partial charge on any atom is -0.463 e. The van der Waals surface area contributed by atoms with Gasteiger partial charge in [-0.15, -0.1) is 0 Å². The van der Waals surface area contributed by atoms with E-state index in [0.29, 0.717) is 3.57 Å². The molecule has 0 fully saturated rings. The lowest BCUT2D eigenvalue weighted by atomic mass is 10.3. The molecule has 0 saturated heterocycles. The number of carbonyl (C=O) groups excluding carboxylic acids is 1. The van der Waals surface area contributed by atoms with E-state index in [0.717, 1.165) is 0 Å². The Bertz CT molecular complexity index is 467. The first kappa shape index (κ1) is 12.9. The first-order valence-corrected chi connectivity index (χ1v) is 5.69. The van der Waals surface area contributed by atoms with Gasteiger partial charge in [-0.1, -0.05) is 6.58 Å². The van der Waals surface area contributed by atoms with Crippen molar-refractivity contribution in [2.45, 2.75) is 13.5 Å². The molecule has 86 valence electrons. The maximum absolute atomic E-state index is 11.6. The molecule has 0 aromatic carbocycles. The highest BCUT2D eigenvalue weighted by Gasteiger charge is 2.10. The molecule has 0 aliphatic heterocycles. The van der Waals surface area contributed by atoms with Crippen LogP contribution in [0.2, 0.25) is 0 Å². The Morgan fingerprint density at radius 2 is 2.38 bits per heavy atom. The minimum absolute atomic E-state index is 0.0987. The summed E-state index contributed by atoms with van der Waals surface area (Å²) < 4.78 is 6.59. The van der Waals surface area contributed by atoms with Crippen molar-refractivity contribution in [2.75, 3.05) is 6.61 Å². The van der Waals surface area contributed by atoms with E-state index < -0.39 is 5.97 Å². The summed E-state index contributed by atoms with van der Waals surface area (Å²) in [6.07, 6.45) is 2.83. The van der Waals surface area contributed by atoms with E-state index in [4.69, 9.17) is 4.74 Å². The molecule has 0 unspecified atom stereocenters. The van der Waals surface area contributed by atoms with E-state index in [9.17, 15) is 9.59 Å². The van der Waals surface area contributed by atoms with Gasteiger partial charge < -0.3 is 4.74 Å². The van der Waals surface area contributed by atoms with Crippen LogP contribution in [0.15, 0.2) is 29.5 Å². The molecule has 0 bridgehead atoms. The van der Waals surface area contributed by atoms with Crippen molar-refractivity contribution in [3.8, 4) is 0 Å². The quantitative estimate of drug-likeness (QED) is 0.468. The highest BCUT2D eigenvalue weighted by Crippen LogP contribution is 1.99. The minimum atomic E-state index is -0.492. The molecule has 0 amide bonds. The highest BCUT2D eigenvalue weighted by atomic mass is 127. The maximum Gasteiger partial charge on any atom is 0.335 e. The van der Waals surface area contributed by atoms with E-state index in [1.165, 1.54) is 17.1 Å². The predicted octanol–water partition coefficient (Wildman–Crippen LogP) is 0.967. The summed E-state index contributed by atoms with van der Waals surface area (Å²) >= 11 is 1.89. The molecule has 0 radical (unpaired) electrons. The van der Waals surface area contributed by atoms with Gasteiger partial charge in [0, 0.05) is 11.8 Å². The van der Waals surface area contributed by atoms with Crippen molar-refractivity contribution < 1.29 is 9.53 Å². The lowest BCUT2D eigenvalue weighted by Gasteiger charge is -2.07. The molecule has 0 aliphatic rings. The fraction of sp³-hybridized carbons (Fsp3) is 0.300.